The van der Waals surface area contributed by atoms with Crippen LogP contribution in [0.3, 0.4) is 0 Å². The number of ether oxygens (including phenoxy) is 2. The second-order valence-corrected chi connectivity index (χ2v) is 3.79. The van der Waals surface area contributed by atoms with Crippen LogP contribution in [0, 0.1) is 0 Å². The molecule has 4 heteroatoms. The maximum atomic E-state index is 6.03. The highest BCUT2D eigenvalue weighted by molar-refractivity contribution is 6.30. The zero-order valence-corrected chi connectivity index (χ0v) is 9.91. The summed E-state index contributed by atoms with van der Waals surface area (Å²) in [5.74, 6) is 0.806. The molecule has 16 heavy (non-hydrogen) atoms. The Balaban J connectivity index is 2.56. The Labute approximate surface area is 99.0 Å². The molecule has 2 aromatic rings. The van der Waals surface area contributed by atoms with Crippen LogP contribution in [-0.4, -0.2) is 19.2 Å². The van der Waals surface area contributed by atoms with Crippen molar-refractivity contribution < 1.29 is 9.47 Å². The molecule has 0 N–H and O–H groups in total. The fourth-order valence-corrected chi connectivity index (χ4v) is 1.76. The molecule has 1 aromatic heterocycles. The average Bonchev–Trinajstić information content (AvgIpc) is 2.30. The van der Waals surface area contributed by atoms with Crippen LogP contribution in [0.15, 0.2) is 24.3 Å². The summed E-state index contributed by atoms with van der Waals surface area (Å²) in [6.45, 7) is 0.457. The molecule has 0 aliphatic carbocycles. The SMILES string of the molecule is COCc1cc2cc(OC)ccc2nc1Cl. The van der Waals surface area contributed by atoms with E-state index in [0.717, 1.165) is 22.2 Å². The minimum Gasteiger partial charge on any atom is -0.497 e. The van der Waals surface area contributed by atoms with Crippen molar-refractivity contribution in [3.63, 3.8) is 0 Å². The van der Waals surface area contributed by atoms with Crippen molar-refractivity contribution in [3.8, 4) is 5.75 Å². The van der Waals surface area contributed by atoms with Crippen molar-refractivity contribution in [2.24, 2.45) is 0 Å². The van der Waals surface area contributed by atoms with Crippen LogP contribution >= 0.6 is 11.6 Å². The molecule has 0 unspecified atom stereocenters. The third-order valence-electron chi connectivity index (χ3n) is 2.35. The second kappa shape index (κ2) is 4.68. The topological polar surface area (TPSA) is 31.4 Å². The molecular weight excluding hydrogens is 226 g/mol. The van der Waals surface area contributed by atoms with Crippen LogP contribution in [0.1, 0.15) is 5.56 Å². The molecule has 3 nitrogen and oxygen atoms in total. The van der Waals surface area contributed by atoms with Crippen molar-refractivity contribution in [2.75, 3.05) is 14.2 Å². The molecule has 0 fully saturated rings. The van der Waals surface area contributed by atoms with Crippen molar-refractivity contribution in [3.05, 3.63) is 35.0 Å². The standard InChI is InChI=1S/C12H12ClNO2/c1-15-7-9-5-8-6-10(16-2)3-4-11(8)14-12(9)13/h3-6H,7H2,1-2H3. The summed E-state index contributed by atoms with van der Waals surface area (Å²) >= 11 is 6.03. The van der Waals surface area contributed by atoms with Gasteiger partial charge in [-0.1, -0.05) is 11.6 Å². The fraction of sp³-hybridized carbons (Fsp3) is 0.250. The van der Waals surface area contributed by atoms with E-state index in [1.54, 1.807) is 14.2 Å². The number of halogens is 1. The van der Waals surface area contributed by atoms with Gasteiger partial charge < -0.3 is 9.47 Å². The predicted octanol–water partition coefficient (Wildman–Crippen LogP) is 3.04. The first-order valence-corrected chi connectivity index (χ1v) is 5.24. The van der Waals surface area contributed by atoms with Crippen LogP contribution < -0.4 is 4.74 Å². The van der Waals surface area contributed by atoms with Gasteiger partial charge in [-0.3, -0.25) is 0 Å². The number of aromatic nitrogens is 1. The van der Waals surface area contributed by atoms with Crippen molar-refractivity contribution in [1.29, 1.82) is 0 Å². The van der Waals surface area contributed by atoms with Crippen LogP contribution in [0.4, 0.5) is 0 Å². The molecule has 0 spiro atoms. The highest BCUT2D eigenvalue weighted by atomic mass is 35.5. The number of rotatable bonds is 3. The van der Waals surface area contributed by atoms with E-state index in [9.17, 15) is 0 Å². The fourth-order valence-electron chi connectivity index (χ4n) is 1.56. The van der Waals surface area contributed by atoms with Gasteiger partial charge in [-0.15, -0.1) is 0 Å². The lowest BCUT2D eigenvalue weighted by Crippen LogP contribution is -1.93. The number of nitrogens with zero attached hydrogens (tertiary/aromatic N) is 1. The summed E-state index contributed by atoms with van der Waals surface area (Å²) in [6, 6.07) is 7.65. The normalized spacial score (nSPS) is 10.7. The van der Waals surface area contributed by atoms with E-state index in [4.69, 9.17) is 21.1 Å². The van der Waals surface area contributed by atoms with Crippen LogP contribution in [0.25, 0.3) is 10.9 Å². The third-order valence-corrected chi connectivity index (χ3v) is 2.68. The van der Waals surface area contributed by atoms with Gasteiger partial charge in [0, 0.05) is 18.1 Å². The number of benzene rings is 1. The molecule has 0 amide bonds. The van der Waals surface area contributed by atoms with Crippen molar-refractivity contribution in [2.45, 2.75) is 6.61 Å². The molecule has 0 bridgehead atoms. The van der Waals surface area contributed by atoms with E-state index in [1.165, 1.54) is 0 Å². The van der Waals surface area contributed by atoms with Gasteiger partial charge in [0.1, 0.15) is 10.9 Å². The van der Waals surface area contributed by atoms with Crippen LogP contribution in [-0.2, 0) is 11.3 Å². The van der Waals surface area contributed by atoms with E-state index in [1.807, 2.05) is 24.3 Å². The summed E-state index contributed by atoms with van der Waals surface area (Å²) in [5, 5.41) is 1.48. The number of hydrogen-bond acceptors (Lipinski definition) is 3. The maximum absolute atomic E-state index is 6.03. The van der Waals surface area contributed by atoms with Crippen LogP contribution in [0.5, 0.6) is 5.75 Å². The van der Waals surface area contributed by atoms with Gasteiger partial charge in [0.05, 0.1) is 19.2 Å². The number of methoxy groups -OCH3 is 2. The summed E-state index contributed by atoms with van der Waals surface area (Å²) < 4.78 is 10.2. The van der Waals surface area contributed by atoms with Crippen LogP contribution in [0.2, 0.25) is 5.15 Å². The van der Waals surface area contributed by atoms with Gasteiger partial charge >= 0.3 is 0 Å². The van der Waals surface area contributed by atoms with E-state index in [0.29, 0.717) is 11.8 Å². The molecule has 0 atom stereocenters. The Bertz CT molecular complexity index is 514. The maximum Gasteiger partial charge on any atom is 0.135 e. The molecule has 1 heterocycles. The largest absolute Gasteiger partial charge is 0.497 e. The van der Waals surface area contributed by atoms with E-state index in [2.05, 4.69) is 4.98 Å². The first kappa shape index (κ1) is 11.2. The van der Waals surface area contributed by atoms with E-state index in [-0.39, 0.29) is 0 Å². The van der Waals surface area contributed by atoms with E-state index < -0.39 is 0 Å². The minimum atomic E-state index is 0.457. The zero-order valence-electron chi connectivity index (χ0n) is 9.16. The van der Waals surface area contributed by atoms with Gasteiger partial charge in [0.2, 0.25) is 0 Å². The molecule has 0 saturated carbocycles. The molecule has 0 aliphatic rings. The Hall–Kier alpha value is -1.32. The average molecular weight is 238 g/mol. The number of pyridine rings is 1. The predicted molar refractivity (Wildman–Crippen MR) is 64.0 cm³/mol. The molecule has 84 valence electrons. The van der Waals surface area contributed by atoms with Gasteiger partial charge in [0.15, 0.2) is 0 Å². The number of fused-ring (bicyclic) bond motifs is 1. The van der Waals surface area contributed by atoms with Crippen molar-refractivity contribution in [1.82, 2.24) is 4.98 Å². The highest BCUT2D eigenvalue weighted by Gasteiger charge is 2.05. The smallest absolute Gasteiger partial charge is 0.135 e. The van der Waals surface area contributed by atoms with Gasteiger partial charge in [-0.2, -0.15) is 0 Å². The second-order valence-electron chi connectivity index (χ2n) is 3.43. The van der Waals surface area contributed by atoms with Gasteiger partial charge in [0.25, 0.3) is 0 Å². The lowest BCUT2D eigenvalue weighted by atomic mass is 10.1. The summed E-state index contributed by atoms with van der Waals surface area (Å²) in [7, 11) is 3.27. The Kier molecular flexibility index (Phi) is 3.27. The molecule has 0 radical (unpaired) electrons. The van der Waals surface area contributed by atoms with Gasteiger partial charge in [-0.25, -0.2) is 4.98 Å². The minimum absolute atomic E-state index is 0.457. The third kappa shape index (κ3) is 2.10. The molecular formula is C12H12ClNO2. The first-order valence-electron chi connectivity index (χ1n) is 4.86. The Morgan fingerprint density at radius 3 is 2.75 bits per heavy atom. The highest BCUT2D eigenvalue weighted by Crippen LogP contribution is 2.24. The Morgan fingerprint density at radius 2 is 2.06 bits per heavy atom. The van der Waals surface area contributed by atoms with E-state index >= 15 is 0 Å². The molecule has 0 aliphatic heterocycles. The zero-order chi connectivity index (χ0) is 11.5. The monoisotopic (exact) mass is 237 g/mol. The summed E-state index contributed by atoms with van der Waals surface area (Å²) in [6.07, 6.45) is 0. The number of hydrogen-bond donors (Lipinski definition) is 0. The van der Waals surface area contributed by atoms with Gasteiger partial charge in [-0.05, 0) is 24.3 Å². The quantitative estimate of drug-likeness (QED) is 0.769. The lowest BCUT2D eigenvalue weighted by Gasteiger charge is -2.06. The first-order chi connectivity index (χ1) is 7.74. The summed E-state index contributed by atoms with van der Waals surface area (Å²) in [4.78, 5) is 4.30. The molecule has 2 rings (SSSR count). The molecule has 0 saturated heterocycles. The lowest BCUT2D eigenvalue weighted by molar-refractivity contribution is 0.185. The van der Waals surface area contributed by atoms with Crippen molar-refractivity contribution >= 4 is 22.5 Å². The Morgan fingerprint density at radius 1 is 1.25 bits per heavy atom. The summed E-state index contributed by atoms with van der Waals surface area (Å²) in [5.41, 5.74) is 1.73. The molecule has 1 aromatic carbocycles.